The zero-order valence-electron chi connectivity index (χ0n) is 13.3. The number of halogens is 1. The molecule has 1 aromatic carbocycles. The standard InChI is InChI=1S/C16H13ClN8/c1-10-14-7-25-16(20-15(21-25)8-23-5-4-19-22-23)12-6-11(17)2-3-13(12)24(14)9-18-10/h2-6,9H,7-8H2,1H3. The van der Waals surface area contributed by atoms with Crippen molar-refractivity contribution in [1.29, 1.82) is 0 Å². The quantitative estimate of drug-likeness (QED) is 0.486. The molecule has 0 saturated heterocycles. The zero-order valence-corrected chi connectivity index (χ0v) is 14.1. The van der Waals surface area contributed by atoms with Crippen LogP contribution in [0.2, 0.25) is 5.02 Å². The van der Waals surface area contributed by atoms with Crippen LogP contribution in [0.4, 0.5) is 0 Å². The van der Waals surface area contributed by atoms with Gasteiger partial charge < -0.3 is 4.57 Å². The molecule has 0 saturated carbocycles. The van der Waals surface area contributed by atoms with E-state index in [9.17, 15) is 0 Å². The van der Waals surface area contributed by atoms with Crippen molar-refractivity contribution < 1.29 is 0 Å². The van der Waals surface area contributed by atoms with Crippen molar-refractivity contribution in [3.8, 4) is 17.1 Å². The Morgan fingerprint density at radius 2 is 2.20 bits per heavy atom. The van der Waals surface area contributed by atoms with Gasteiger partial charge in [-0.05, 0) is 25.1 Å². The van der Waals surface area contributed by atoms with Crippen LogP contribution < -0.4 is 0 Å². The van der Waals surface area contributed by atoms with E-state index in [0.29, 0.717) is 23.9 Å². The van der Waals surface area contributed by atoms with Crippen molar-refractivity contribution in [3.63, 3.8) is 0 Å². The summed E-state index contributed by atoms with van der Waals surface area (Å²) >= 11 is 6.25. The predicted molar refractivity (Wildman–Crippen MR) is 90.6 cm³/mol. The van der Waals surface area contributed by atoms with Crippen molar-refractivity contribution in [3.05, 3.63) is 59.2 Å². The molecule has 0 bridgehead atoms. The lowest BCUT2D eigenvalue weighted by atomic mass is 10.1. The summed E-state index contributed by atoms with van der Waals surface area (Å²) in [7, 11) is 0. The second-order valence-corrected chi connectivity index (χ2v) is 6.35. The first-order chi connectivity index (χ1) is 12.2. The van der Waals surface area contributed by atoms with Gasteiger partial charge in [0.15, 0.2) is 11.6 Å². The molecular formula is C16H13ClN8. The third-order valence-electron chi connectivity index (χ3n) is 4.32. The van der Waals surface area contributed by atoms with Crippen LogP contribution in [0, 0.1) is 6.92 Å². The van der Waals surface area contributed by atoms with Crippen LogP contribution in [-0.2, 0) is 13.1 Å². The first-order valence-electron chi connectivity index (χ1n) is 7.80. The largest absolute Gasteiger partial charge is 0.300 e. The molecule has 0 fully saturated rings. The maximum atomic E-state index is 6.25. The van der Waals surface area contributed by atoms with Gasteiger partial charge in [-0.25, -0.2) is 19.3 Å². The van der Waals surface area contributed by atoms with Crippen molar-refractivity contribution in [2.24, 2.45) is 0 Å². The Morgan fingerprint density at radius 1 is 1.28 bits per heavy atom. The number of rotatable bonds is 2. The number of aromatic nitrogens is 8. The van der Waals surface area contributed by atoms with E-state index in [1.165, 1.54) is 0 Å². The lowest BCUT2D eigenvalue weighted by Gasteiger charge is -2.08. The van der Waals surface area contributed by atoms with Gasteiger partial charge in [0.2, 0.25) is 0 Å². The molecule has 5 rings (SSSR count). The topological polar surface area (TPSA) is 79.2 Å². The second kappa shape index (κ2) is 5.25. The Labute approximate surface area is 147 Å². The van der Waals surface area contributed by atoms with E-state index >= 15 is 0 Å². The van der Waals surface area contributed by atoms with Gasteiger partial charge in [0.25, 0.3) is 0 Å². The van der Waals surface area contributed by atoms with E-state index in [1.807, 2.05) is 36.1 Å². The maximum absolute atomic E-state index is 6.25. The molecule has 1 aliphatic heterocycles. The van der Waals surface area contributed by atoms with Gasteiger partial charge in [0.05, 0.1) is 36.1 Å². The van der Waals surface area contributed by atoms with Gasteiger partial charge in [-0.1, -0.05) is 16.8 Å². The Morgan fingerprint density at radius 3 is 3.04 bits per heavy atom. The maximum Gasteiger partial charge on any atom is 0.172 e. The third-order valence-corrected chi connectivity index (χ3v) is 4.56. The fourth-order valence-corrected chi connectivity index (χ4v) is 3.30. The molecule has 0 spiro atoms. The minimum Gasteiger partial charge on any atom is -0.300 e. The molecule has 1 aliphatic rings. The molecule has 0 radical (unpaired) electrons. The van der Waals surface area contributed by atoms with E-state index in [4.69, 9.17) is 16.6 Å². The van der Waals surface area contributed by atoms with E-state index < -0.39 is 0 Å². The molecule has 8 nitrogen and oxygen atoms in total. The van der Waals surface area contributed by atoms with Gasteiger partial charge >= 0.3 is 0 Å². The molecule has 124 valence electrons. The molecule has 0 aliphatic carbocycles. The summed E-state index contributed by atoms with van der Waals surface area (Å²) in [5, 5.41) is 13.1. The number of benzene rings is 1. The highest BCUT2D eigenvalue weighted by Gasteiger charge is 2.24. The zero-order chi connectivity index (χ0) is 17.0. The van der Waals surface area contributed by atoms with Crippen LogP contribution in [0.15, 0.2) is 36.9 Å². The number of imidazole rings is 1. The summed E-state index contributed by atoms with van der Waals surface area (Å²) in [5.41, 5.74) is 3.99. The Balaban J connectivity index is 1.70. The fourth-order valence-electron chi connectivity index (χ4n) is 3.13. The Bertz CT molecular complexity index is 1080. The number of aryl methyl sites for hydroxylation is 1. The van der Waals surface area contributed by atoms with E-state index in [1.54, 1.807) is 17.1 Å². The monoisotopic (exact) mass is 352 g/mol. The van der Waals surface area contributed by atoms with Crippen molar-refractivity contribution in [1.82, 2.24) is 39.3 Å². The lowest BCUT2D eigenvalue weighted by molar-refractivity contribution is 0.604. The first-order valence-corrected chi connectivity index (χ1v) is 8.18. The number of hydrogen-bond acceptors (Lipinski definition) is 5. The second-order valence-electron chi connectivity index (χ2n) is 5.92. The van der Waals surface area contributed by atoms with Gasteiger partial charge in [0.1, 0.15) is 6.54 Å². The SMILES string of the molecule is Cc1ncn2c1Cn1nc(Cn3ccnn3)nc1-c1cc(Cl)ccc1-2. The van der Waals surface area contributed by atoms with Gasteiger partial charge in [0, 0.05) is 16.8 Å². The van der Waals surface area contributed by atoms with Crippen LogP contribution >= 0.6 is 11.6 Å². The number of fused-ring (bicyclic) bond motifs is 5. The molecule has 4 heterocycles. The molecule has 9 heteroatoms. The predicted octanol–water partition coefficient (Wildman–Crippen LogP) is 2.09. The summed E-state index contributed by atoms with van der Waals surface area (Å²) < 4.78 is 5.67. The minimum atomic E-state index is 0.466. The van der Waals surface area contributed by atoms with E-state index in [-0.39, 0.29) is 0 Å². The highest BCUT2D eigenvalue weighted by Crippen LogP contribution is 2.33. The molecule has 4 aromatic rings. The summed E-state index contributed by atoms with van der Waals surface area (Å²) in [6, 6.07) is 5.78. The van der Waals surface area contributed by atoms with Crippen LogP contribution in [-0.4, -0.2) is 39.3 Å². The third kappa shape index (κ3) is 2.25. The molecule has 0 unspecified atom stereocenters. The molecule has 0 atom stereocenters. The Hall–Kier alpha value is -3.00. The number of nitrogens with zero attached hydrogens (tertiary/aromatic N) is 8. The average molecular weight is 353 g/mol. The molecule has 0 amide bonds. The minimum absolute atomic E-state index is 0.466. The van der Waals surface area contributed by atoms with Crippen LogP contribution in [0.1, 0.15) is 17.2 Å². The highest BCUT2D eigenvalue weighted by molar-refractivity contribution is 6.31. The smallest absolute Gasteiger partial charge is 0.172 e. The first kappa shape index (κ1) is 14.4. The van der Waals surface area contributed by atoms with Crippen LogP contribution in [0.3, 0.4) is 0 Å². The number of hydrogen-bond donors (Lipinski definition) is 0. The summed E-state index contributed by atoms with van der Waals surface area (Å²) in [6.45, 7) is 3.06. The molecule has 25 heavy (non-hydrogen) atoms. The van der Waals surface area contributed by atoms with Gasteiger partial charge in [-0.2, -0.15) is 5.10 Å². The van der Waals surface area contributed by atoms with Gasteiger partial charge in [-0.3, -0.25) is 0 Å². The van der Waals surface area contributed by atoms with Crippen LogP contribution in [0.25, 0.3) is 17.1 Å². The Kier molecular flexibility index (Phi) is 3.01. The molecule has 3 aromatic heterocycles. The molecule has 0 N–H and O–H groups in total. The normalized spacial score (nSPS) is 12.4. The van der Waals surface area contributed by atoms with Gasteiger partial charge in [-0.15, -0.1) is 5.10 Å². The van der Waals surface area contributed by atoms with Crippen molar-refractivity contribution >= 4 is 11.6 Å². The molecular weight excluding hydrogens is 340 g/mol. The van der Waals surface area contributed by atoms with Crippen molar-refractivity contribution in [2.75, 3.05) is 0 Å². The fraction of sp³-hybridized carbons (Fsp3) is 0.188. The summed E-state index contributed by atoms with van der Waals surface area (Å²) in [4.78, 5) is 9.18. The van der Waals surface area contributed by atoms with E-state index in [2.05, 4.69) is 25.0 Å². The average Bonchev–Trinajstić information content (AvgIpc) is 3.30. The van der Waals surface area contributed by atoms with Crippen LogP contribution in [0.5, 0.6) is 0 Å². The highest BCUT2D eigenvalue weighted by atomic mass is 35.5. The summed E-state index contributed by atoms with van der Waals surface area (Å²) in [6.07, 6.45) is 5.26. The van der Waals surface area contributed by atoms with Crippen molar-refractivity contribution in [2.45, 2.75) is 20.0 Å². The lowest BCUT2D eigenvalue weighted by Crippen LogP contribution is -2.07. The summed E-state index contributed by atoms with van der Waals surface area (Å²) in [5.74, 6) is 1.47. The van der Waals surface area contributed by atoms with E-state index in [0.717, 1.165) is 28.5 Å².